The molecule has 0 saturated carbocycles. The van der Waals surface area contributed by atoms with E-state index in [1.165, 1.54) is 11.3 Å². The maximum atomic E-state index is 12.6. The van der Waals surface area contributed by atoms with Crippen molar-refractivity contribution in [3.8, 4) is 5.75 Å². The lowest BCUT2D eigenvalue weighted by Crippen LogP contribution is -2.46. The number of methoxy groups -OCH3 is 1. The number of morpholine rings is 1. The minimum Gasteiger partial charge on any atom is -0.494 e. The number of nitrogens with one attached hydrogen (secondary N) is 2. The smallest absolute Gasteiger partial charge is 0.323 e. The Kier molecular flexibility index (Phi) is 5.42. The van der Waals surface area contributed by atoms with E-state index in [2.05, 4.69) is 15.6 Å². The number of aromatic nitrogens is 1. The molecular formula is C19H26N4O4S. The Morgan fingerprint density at radius 2 is 2.25 bits per heavy atom. The minimum atomic E-state index is -0.692. The van der Waals surface area contributed by atoms with Crippen LogP contribution in [-0.2, 0) is 4.74 Å². The molecule has 3 heterocycles. The molecule has 1 atom stereocenters. The number of aliphatic hydroxyl groups is 1. The molecule has 0 bridgehead atoms. The number of urea groups is 1. The van der Waals surface area contributed by atoms with Gasteiger partial charge >= 0.3 is 6.03 Å². The molecule has 3 N–H and O–H groups in total. The van der Waals surface area contributed by atoms with Crippen LogP contribution in [0.1, 0.15) is 31.4 Å². The number of nitrogens with zero attached hydrogens (tertiary/aromatic N) is 2. The molecule has 2 saturated heterocycles. The van der Waals surface area contributed by atoms with Crippen LogP contribution in [0.4, 0.5) is 9.93 Å². The monoisotopic (exact) mass is 406 g/mol. The van der Waals surface area contributed by atoms with Gasteiger partial charge in [0.2, 0.25) is 0 Å². The fraction of sp³-hybridized carbons (Fsp3) is 0.579. The van der Waals surface area contributed by atoms with E-state index < -0.39 is 5.60 Å². The maximum absolute atomic E-state index is 12.6. The molecule has 0 aliphatic carbocycles. The quantitative estimate of drug-likeness (QED) is 0.724. The lowest BCUT2D eigenvalue weighted by Gasteiger charge is -2.35. The summed E-state index contributed by atoms with van der Waals surface area (Å²) in [5.41, 5.74) is 1.09. The van der Waals surface area contributed by atoms with Crippen molar-refractivity contribution < 1.29 is 19.4 Å². The van der Waals surface area contributed by atoms with Crippen LogP contribution in [-0.4, -0.2) is 66.5 Å². The van der Waals surface area contributed by atoms with Crippen molar-refractivity contribution in [2.45, 2.75) is 31.5 Å². The van der Waals surface area contributed by atoms with E-state index in [4.69, 9.17) is 9.47 Å². The number of piperidine rings is 1. The Balaban J connectivity index is 1.57. The number of likely N-dealkylation sites (tertiary alicyclic amines) is 1. The number of anilines is 1. The number of rotatable bonds is 3. The maximum Gasteiger partial charge on any atom is 0.323 e. The third kappa shape index (κ3) is 3.93. The van der Waals surface area contributed by atoms with Gasteiger partial charge in [-0.05, 0) is 25.8 Å². The van der Waals surface area contributed by atoms with Crippen LogP contribution < -0.4 is 15.4 Å². The van der Waals surface area contributed by atoms with Gasteiger partial charge in [-0.3, -0.25) is 5.32 Å². The van der Waals surface area contributed by atoms with E-state index in [1.54, 1.807) is 12.0 Å². The third-order valence-corrected chi connectivity index (χ3v) is 6.39. The molecule has 0 radical (unpaired) electrons. The lowest BCUT2D eigenvalue weighted by molar-refractivity contribution is 0.00570. The molecule has 2 amide bonds. The zero-order valence-electron chi connectivity index (χ0n) is 16.2. The second kappa shape index (κ2) is 7.82. The van der Waals surface area contributed by atoms with Gasteiger partial charge in [0.25, 0.3) is 0 Å². The average molecular weight is 407 g/mol. The molecule has 1 aromatic heterocycles. The van der Waals surface area contributed by atoms with Gasteiger partial charge in [-0.2, -0.15) is 0 Å². The number of amides is 2. The fourth-order valence-electron chi connectivity index (χ4n) is 3.60. The van der Waals surface area contributed by atoms with E-state index in [0.717, 1.165) is 28.9 Å². The van der Waals surface area contributed by atoms with E-state index in [9.17, 15) is 9.90 Å². The third-order valence-electron chi connectivity index (χ3n) is 5.37. The van der Waals surface area contributed by atoms with E-state index in [-0.39, 0.29) is 12.1 Å². The summed E-state index contributed by atoms with van der Waals surface area (Å²) < 4.78 is 12.3. The largest absolute Gasteiger partial charge is 0.494 e. The number of hydrogen-bond acceptors (Lipinski definition) is 7. The number of carbonyl (C=O) groups excluding carboxylic acids is 1. The summed E-state index contributed by atoms with van der Waals surface area (Å²) in [7, 11) is 1.62. The fourth-order valence-corrected chi connectivity index (χ4v) is 4.63. The lowest BCUT2D eigenvalue weighted by atomic mass is 9.94. The Hall–Kier alpha value is -1.94. The number of benzene rings is 1. The summed E-state index contributed by atoms with van der Waals surface area (Å²) in [5.74, 6) is 0.674. The van der Waals surface area contributed by atoms with Crippen LogP contribution in [0.3, 0.4) is 0 Å². The molecule has 0 spiro atoms. The van der Waals surface area contributed by atoms with Crippen LogP contribution in [0.2, 0.25) is 0 Å². The van der Waals surface area contributed by atoms with E-state index >= 15 is 0 Å². The Bertz CT molecular complexity index is 853. The van der Waals surface area contributed by atoms with Crippen molar-refractivity contribution in [3.05, 3.63) is 17.7 Å². The van der Waals surface area contributed by atoms with Gasteiger partial charge in [-0.1, -0.05) is 17.4 Å². The number of fused-ring (bicyclic) bond motifs is 1. The predicted molar refractivity (Wildman–Crippen MR) is 108 cm³/mol. The highest BCUT2D eigenvalue weighted by atomic mass is 32.1. The van der Waals surface area contributed by atoms with Gasteiger partial charge < -0.3 is 24.8 Å². The van der Waals surface area contributed by atoms with Crippen molar-refractivity contribution in [1.29, 1.82) is 0 Å². The first kappa shape index (κ1) is 19.4. The molecule has 4 rings (SSSR count). The van der Waals surface area contributed by atoms with Crippen molar-refractivity contribution in [3.63, 3.8) is 0 Å². The highest BCUT2D eigenvalue weighted by Crippen LogP contribution is 2.38. The molecule has 1 aromatic carbocycles. The number of hydrogen-bond donors (Lipinski definition) is 3. The molecule has 152 valence electrons. The molecule has 8 nitrogen and oxygen atoms in total. The first-order valence-electron chi connectivity index (χ1n) is 9.55. The average Bonchev–Trinajstić information content (AvgIpc) is 3.11. The zero-order chi connectivity index (χ0) is 19.7. The topological polar surface area (TPSA) is 96.0 Å². The van der Waals surface area contributed by atoms with Gasteiger partial charge in [0.1, 0.15) is 11.3 Å². The molecule has 2 aliphatic heterocycles. The summed E-state index contributed by atoms with van der Waals surface area (Å²) in [5, 5.41) is 16.9. The van der Waals surface area contributed by atoms with E-state index in [1.807, 2.05) is 19.1 Å². The first-order valence-corrected chi connectivity index (χ1v) is 10.4. The van der Waals surface area contributed by atoms with E-state index in [0.29, 0.717) is 43.4 Å². The SMILES string of the molecule is COc1ccc(C2CNCCO2)c2sc(NC(=O)N3CCC(C)(O)CC3)nc12. The van der Waals surface area contributed by atoms with Crippen molar-refractivity contribution in [1.82, 2.24) is 15.2 Å². The van der Waals surface area contributed by atoms with Crippen LogP contribution >= 0.6 is 11.3 Å². The Labute approximate surface area is 167 Å². The van der Waals surface area contributed by atoms with Gasteiger partial charge in [-0.15, -0.1) is 0 Å². The van der Waals surface area contributed by atoms with Crippen LogP contribution in [0.25, 0.3) is 10.2 Å². The van der Waals surface area contributed by atoms with Gasteiger partial charge in [0, 0.05) is 31.7 Å². The van der Waals surface area contributed by atoms with Crippen molar-refractivity contribution in [2.75, 3.05) is 45.2 Å². The molecular weight excluding hydrogens is 380 g/mol. The summed E-state index contributed by atoms with van der Waals surface area (Å²) in [6.45, 7) is 5.13. The molecule has 2 aliphatic rings. The summed E-state index contributed by atoms with van der Waals surface area (Å²) >= 11 is 1.43. The number of carbonyl (C=O) groups is 1. The van der Waals surface area contributed by atoms with Crippen molar-refractivity contribution in [2.24, 2.45) is 0 Å². The molecule has 2 fully saturated rings. The van der Waals surface area contributed by atoms with Crippen molar-refractivity contribution >= 4 is 32.7 Å². The second-order valence-electron chi connectivity index (χ2n) is 7.53. The van der Waals surface area contributed by atoms with Gasteiger partial charge in [-0.25, -0.2) is 9.78 Å². The molecule has 1 unspecified atom stereocenters. The minimum absolute atomic E-state index is 0.0458. The molecule has 9 heteroatoms. The highest BCUT2D eigenvalue weighted by Gasteiger charge is 2.30. The van der Waals surface area contributed by atoms with Crippen LogP contribution in [0.15, 0.2) is 12.1 Å². The Morgan fingerprint density at radius 3 is 2.93 bits per heavy atom. The number of thiazole rings is 1. The predicted octanol–water partition coefficient (Wildman–Crippen LogP) is 2.34. The summed E-state index contributed by atoms with van der Waals surface area (Å²) in [6.07, 6.45) is 1.10. The summed E-state index contributed by atoms with van der Waals surface area (Å²) in [6, 6.07) is 3.72. The number of ether oxygens (including phenoxy) is 2. The summed E-state index contributed by atoms with van der Waals surface area (Å²) in [4.78, 5) is 19.0. The zero-order valence-corrected chi connectivity index (χ0v) is 17.0. The molecule has 28 heavy (non-hydrogen) atoms. The van der Waals surface area contributed by atoms with Crippen LogP contribution in [0.5, 0.6) is 5.75 Å². The second-order valence-corrected chi connectivity index (χ2v) is 8.53. The molecule has 2 aromatic rings. The first-order chi connectivity index (χ1) is 13.5. The van der Waals surface area contributed by atoms with Crippen LogP contribution in [0, 0.1) is 0 Å². The standard InChI is InChI=1S/C19H26N4O4S/c1-19(25)5-8-23(9-6-19)18(24)22-17-21-15-13(26-2)4-3-12(16(15)28-17)14-11-20-7-10-27-14/h3-4,14,20,25H,5-11H2,1-2H3,(H,21,22,24). The Morgan fingerprint density at radius 1 is 1.46 bits per heavy atom. The van der Waals surface area contributed by atoms with Gasteiger partial charge in [0.15, 0.2) is 5.13 Å². The van der Waals surface area contributed by atoms with Gasteiger partial charge in [0.05, 0.1) is 30.1 Å². The highest BCUT2D eigenvalue weighted by molar-refractivity contribution is 7.22. The normalized spacial score (nSPS) is 22.2.